The lowest BCUT2D eigenvalue weighted by molar-refractivity contribution is 0.0986. The molecule has 5 heteroatoms. The molecule has 2 N–H and O–H groups in total. The fraction of sp³-hybridized carbons (Fsp3) is 0.417. The van der Waals surface area contributed by atoms with Crippen LogP contribution in [0.2, 0.25) is 0 Å². The number of carbonyl (C=O) groups is 1. The molecule has 0 aromatic heterocycles. The topological polar surface area (TPSA) is 73.4 Å². The van der Waals surface area contributed by atoms with Crippen LogP contribution in [0.3, 0.4) is 0 Å². The fourth-order valence-corrected chi connectivity index (χ4v) is 1.89. The lowest BCUT2D eigenvalue weighted by atomic mass is 10.1. The highest BCUT2D eigenvalue weighted by Gasteiger charge is 2.31. The van der Waals surface area contributed by atoms with Gasteiger partial charge in [-0.3, -0.25) is 15.0 Å². The predicted molar refractivity (Wildman–Crippen MR) is 63.5 cm³/mol. The quantitative estimate of drug-likeness (QED) is 0.620. The van der Waals surface area contributed by atoms with Crippen LogP contribution in [0.5, 0.6) is 0 Å². The number of hydrogen-bond acceptors (Lipinski definition) is 2. The minimum absolute atomic E-state index is 0.323. The van der Waals surface area contributed by atoms with E-state index in [4.69, 9.17) is 0 Å². The van der Waals surface area contributed by atoms with E-state index in [1.54, 1.807) is 0 Å². The molecule has 17 heavy (non-hydrogen) atoms. The number of H-pyrrole nitrogens is 2. The Balaban J connectivity index is 1.90. The second-order valence-electron chi connectivity index (χ2n) is 5.41. The average Bonchev–Trinajstić information content (AvgIpc) is 2.70. The Bertz CT molecular complexity index is 597. The Morgan fingerprint density at radius 1 is 1.35 bits per heavy atom. The first-order chi connectivity index (χ1) is 7.96. The number of azo groups is 1. The highest BCUT2D eigenvalue weighted by atomic mass is 16.2. The molecule has 0 aromatic carbocycles. The maximum atomic E-state index is 11.9. The summed E-state index contributed by atoms with van der Waals surface area (Å²) in [5.74, 6) is -0.323. The largest absolute Gasteiger partial charge is 0.313 e. The van der Waals surface area contributed by atoms with Crippen LogP contribution in [-0.2, 0) is 6.42 Å². The number of aromatic nitrogens is 2. The molecule has 0 fully saturated rings. The smallest absolute Gasteiger partial charge is 0.300 e. The minimum Gasteiger partial charge on any atom is -0.300 e. The van der Waals surface area contributed by atoms with Crippen molar-refractivity contribution < 1.29 is 4.79 Å². The molecule has 1 aliphatic heterocycles. The van der Waals surface area contributed by atoms with E-state index in [-0.39, 0.29) is 11.4 Å². The molecule has 3 aliphatic rings. The molecule has 0 atom stereocenters. The fourth-order valence-electron chi connectivity index (χ4n) is 1.89. The van der Waals surface area contributed by atoms with Crippen molar-refractivity contribution in [2.45, 2.75) is 32.7 Å². The van der Waals surface area contributed by atoms with Gasteiger partial charge in [0.05, 0.1) is 11.2 Å². The number of nitrogens with zero attached hydrogens (tertiary/aromatic N) is 2. The van der Waals surface area contributed by atoms with Crippen molar-refractivity contribution in [1.29, 1.82) is 0 Å². The van der Waals surface area contributed by atoms with E-state index in [9.17, 15) is 4.79 Å². The standard InChI is InChI=1S/C12H14N4O/c1-12(2,3)16-15-11(17)10-8-5-6-4-7(6)9(8)13-14-10/h5,13-14H,4H2,1-3H3. The van der Waals surface area contributed by atoms with Crippen molar-refractivity contribution in [1.82, 2.24) is 10.2 Å². The number of carbonyl (C=O) groups excluding carboxylic acids is 1. The van der Waals surface area contributed by atoms with E-state index in [2.05, 4.69) is 20.4 Å². The van der Waals surface area contributed by atoms with Crippen LogP contribution < -0.4 is 0 Å². The van der Waals surface area contributed by atoms with Gasteiger partial charge in [0.2, 0.25) is 0 Å². The van der Waals surface area contributed by atoms with Gasteiger partial charge in [-0.1, -0.05) is 0 Å². The van der Waals surface area contributed by atoms with Gasteiger partial charge in [-0.2, -0.15) is 5.11 Å². The molecular formula is C12H14N4O. The van der Waals surface area contributed by atoms with Crippen LogP contribution in [0.1, 0.15) is 42.4 Å². The second kappa shape index (κ2) is 3.06. The number of aromatic amines is 2. The molecule has 0 bridgehead atoms. The lowest BCUT2D eigenvalue weighted by Crippen LogP contribution is -2.09. The molecule has 0 saturated heterocycles. The molecule has 1 amide bonds. The van der Waals surface area contributed by atoms with Gasteiger partial charge in [-0.15, -0.1) is 5.11 Å². The second-order valence-corrected chi connectivity index (χ2v) is 5.41. The normalized spacial score (nSPS) is 14.5. The van der Waals surface area contributed by atoms with Gasteiger partial charge in [-0.25, -0.2) is 0 Å². The zero-order chi connectivity index (χ0) is 12.2. The summed E-state index contributed by atoms with van der Waals surface area (Å²) in [6.45, 7) is 5.71. The maximum Gasteiger partial charge on any atom is 0.313 e. The summed E-state index contributed by atoms with van der Waals surface area (Å²) in [5.41, 5.74) is 4.77. The van der Waals surface area contributed by atoms with E-state index in [1.165, 1.54) is 11.1 Å². The van der Waals surface area contributed by atoms with E-state index >= 15 is 0 Å². The molecule has 5 nitrogen and oxygen atoms in total. The molecule has 0 saturated carbocycles. The number of nitrogens with one attached hydrogen (secondary N) is 2. The first-order valence-corrected chi connectivity index (χ1v) is 5.64. The van der Waals surface area contributed by atoms with Crippen LogP contribution in [0.15, 0.2) is 16.3 Å². The van der Waals surface area contributed by atoms with Crippen LogP contribution in [0.25, 0.3) is 11.3 Å². The van der Waals surface area contributed by atoms with E-state index in [0.29, 0.717) is 5.69 Å². The summed E-state index contributed by atoms with van der Waals surface area (Å²) in [4.78, 5) is 11.9. The zero-order valence-corrected chi connectivity index (χ0v) is 10.1. The highest BCUT2D eigenvalue weighted by Crippen LogP contribution is 2.43. The molecule has 88 valence electrons. The Kier molecular flexibility index (Phi) is 1.85. The highest BCUT2D eigenvalue weighted by molar-refractivity contribution is 6.01. The van der Waals surface area contributed by atoms with E-state index < -0.39 is 0 Å². The monoisotopic (exact) mass is 230 g/mol. The molecular weight excluding hydrogens is 216 g/mol. The number of rotatable bonds is 1. The van der Waals surface area contributed by atoms with Crippen molar-refractivity contribution in [2.75, 3.05) is 0 Å². The van der Waals surface area contributed by atoms with E-state index in [0.717, 1.165) is 17.7 Å². The molecule has 2 aliphatic carbocycles. The average molecular weight is 230 g/mol. The summed E-state index contributed by atoms with van der Waals surface area (Å²) in [7, 11) is 0. The Morgan fingerprint density at radius 3 is 2.82 bits per heavy atom. The zero-order valence-electron chi connectivity index (χ0n) is 10.1. The van der Waals surface area contributed by atoms with Crippen molar-refractivity contribution in [2.24, 2.45) is 10.2 Å². The summed E-state index contributed by atoms with van der Waals surface area (Å²) in [5, 5.41) is 13.6. The number of fused-ring (bicyclic) bond motifs is 3. The van der Waals surface area contributed by atoms with Gasteiger partial charge >= 0.3 is 5.91 Å². The Morgan fingerprint density at radius 2 is 2.12 bits per heavy atom. The van der Waals surface area contributed by atoms with Gasteiger partial charge in [0.25, 0.3) is 0 Å². The lowest BCUT2D eigenvalue weighted by Gasteiger charge is -2.07. The molecule has 0 radical (unpaired) electrons. The van der Waals surface area contributed by atoms with Gasteiger partial charge in [0, 0.05) is 12.0 Å². The van der Waals surface area contributed by atoms with E-state index in [1.807, 2.05) is 26.8 Å². The van der Waals surface area contributed by atoms with Crippen LogP contribution in [0, 0.1) is 0 Å². The number of amides is 1. The van der Waals surface area contributed by atoms with Crippen molar-refractivity contribution in [3.63, 3.8) is 0 Å². The van der Waals surface area contributed by atoms with Gasteiger partial charge in [-0.05, 0) is 38.0 Å². The SMILES string of the molecule is CC(C)(C)N=NC(=O)c1[nH][nH]c2c3c(cc1-2)C3. The van der Waals surface area contributed by atoms with Gasteiger partial charge < -0.3 is 0 Å². The number of hydrogen-bond donors (Lipinski definition) is 2. The third-order valence-corrected chi connectivity index (χ3v) is 2.76. The summed E-state index contributed by atoms with van der Waals surface area (Å²) in [6, 6.07) is 2.04. The van der Waals surface area contributed by atoms with Crippen LogP contribution in [-0.4, -0.2) is 21.6 Å². The van der Waals surface area contributed by atoms with Gasteiger partial charge in [0.15, 0.2) is 0 Å². The minimum atomic E-state index is -0.329. The first-order valence-electron chi connectivity index (χ1n) is 5.64. The third-order valence-electron chi connectivity index (χ3n) is 2.76. The summed E-state index contributed by atoms with van der Waals surface area (Å²) in [6.07, 6.45) is 1.04. The van der Waals surface area contributed by atoms with Crippen molar-refractivity contribution in [3.05, 3.63) is 22.9 Å². The van der Waals surface area contributed by atoms with Gasteiger partial charge in [0.1, 0.15) is 5.69 Å². The molecule has 0 aromatic rings. The van der Waals surface area contributed by atoms with Crippen LogP contribution in [0.4, 0.5) is 0 Å². The first kappa shape index (κ1) is 10.3. The summed E-state index contributed by atoms with van der Waals surface area (Å²) < 4.78 is 0. The third kappa shape index (κ3) is 1.67. The maximum absolute atomic E-state index is 11.9. The Labute approximate surface area is 98.6 Å². The Hall–Kier alpha value is -1.91. The predicted octanol–water partition coefficient (Wildman–Crippen LogP) is 2.74. The van der Waals surface area contributed by atoms with Crippen molar-refractivity contribution >= 4 is 5.91 Å². The molecule has 3 rings (SSSR count). The summed E-state index contributed by atoms with van der Waals surface area (Å²) >= 11 is 0. The molecule has 1 heterocycles. The van der Waals surface area contributed by atoms with Crippen molar-refractivity contribution in [3.8, 4) is 11.3 Å². The molecule has 0 unspecified atom stereocenters. The van der Waals surface area contributed by atoms with Crippen LogP contribution >= 0.6 is 0 Å². The molecule has 0 spiro atoms.